The number of hydrogen-bond donors (Lipinski definition) is 1. The van der Waals surface area contributed by atoms with Gasteiger partial charge in [-0.05, 0) is 18.2 Å². The van der Waals surface area contributed by atoms with Crippen molar-refractivity contribution in [2.75, 3.05) is 49.6 Å². The van der Waals surface area contributed by atoms with Crippen LogP contribution >= 0.6 is 0 Å². The van der Waals surface area contributed by atoms with Crippen LogP contribution in [0.4, 0.5) is 11.4 Å². The van der Waals surface area contributed by atoms with Gasteiger partial charge in [0, 0.05) is 38.9 Å². The summed E-state index contributed by atoms with van der Waals surface area (Å²) in [6.45, 7) is 4.13. The minimum atomic E-state index is -0.0000363. The molecule has 0 atom stereocenters. The van der Waals surface area contributed by atoms with E-state index in [1.165, 1.54) is 0 Å². The molecule has 0 saturated carbocycles. The maximum absolute atomic E-state index is 11.6. The Labute approximate surface area is 106 Å². The molecule has 1 aromatic rings. The lowest BCUT2D eigenvalue weighted by Gasteiger charge is -2.32. The normalized spacial score (nSPS) is 19.5. The highest BCUT2D eigenvalue weighted by atomic mass is 16.5. The molecule has 1 amide bonds. The third-order valence-corrected chi connectivity index (χ3v) is 3.51. The van der Waals surface area contributed by atoms with E-state index in [4.69, 9.17) is 4.74 Å². The first-order chi connectivity index (χ1) is 8.75. The van der Waals surface area contributed by atoms with Crippen LogP contribution in [-0.4, -0.2) is 45.7 Å². The van der Waals surface area contributed by atoms with Crippen LogP contribution < -0.4 is 19.9 Å². The number of benzene rings is 1. The van der Waals surface area contributed by atoms with Gasteiger partial charge in [0.15, 0.2) is 6.61 Å². The minimum absolute atomic E-state index is 0.0000363. The summed E-state index contributed by atoms with van der Waals surface area (Å²) in [5.41, 5.74) is 2.02. The maximum Gasteiger partial charge on any atom is 0.264 e. The zero-order valence-corrected chi connectivity index (χ0v) is 10.5. The standard InChI is InChI=1S/C13H17N3O2/c1-15-11-8-10(16-6-4-14-5-7-16)2-3-12(11)18-9-13(15)17/h2-3,8,14H,4-7,9H2,1H3. The number of amides is 1. The fraction of sp³-hybridized carbons (Fsp3) is 0.462. The number of likely N-dealkylation sites (N-methyl/N-ethyl adjacent to an activating group) is 1. The van der Waals surface area contributed by atoms with E-state index < -0.39 is 0 Å². The average molecular weight is 247 g/mol. The fourth-order valence-electron chi connectivity index (χ4n) is 2.38. The summed E-state index contributed by atoms with van der Waals surface area (Å²) in [5, 5.41) is 3.33. The van der Waals surface area contributed by atoms with Gasteiger partial charge in [0.25, 0.3) is 5.91 Å². The molecule has 0 spiro atoms. The first kappa shape index (κ1) is 11.3. The van der Waals surface area contributed by atoms with Crippen molar-refractivity contribution in [1.29, 1.82) is 0 Å². The number of ether oxygens (including phenoxy) is 1. The van der Waals surface area contributed by atoms with Crippen molar-refractivity contribution in [2.24, 2.45) is 0 Å². The van der Waals surface area contributed by atoms with Crippen molar-refractivity contribution >= 4 is 17.3 Å². The molecule has 0 bridgehead atoms. The molecule has 3 rings (SSSR count). The van der Waals surface area contributed by atoms with Crippen LogP contribution in [0.15, 0.2) is 18.2 Å². The van der Waals surface area contributed by atoms with Gasteiger partial charge in [-0.25, -0.2) is 0 Å². The van der Waals surface area contributed by atoms with Crippen molar-refractivity contribution in [3.8, 4) is 5.75 Å². The number of rotatable bonds is 1. The molecule has 18 heavy (non-hydrogen) atoms. The summed E-state index contributed by atoms with van der Waals surface area (Å²) in [6.07, 6.45) is 0. The molecule has 5 nitrogen and oxygen atoms in total. The Morgan fingerprint density at radius 2 is 2.06 bits per heavy atom. The van der Waals surface area contributed by atoms with Gasteiger partial charge in [0.1, 0.15) is 5.75 Å². The molecule has 0 radical (unpaired) electrons. The molecule has 1 aromatic carbocycles. The average Bonchev–Trinajstić information content (AvgIpc) is 2.44. The number of anilines is 2. The minimum Gasteiger partial charge on any atom is -0.482 e. The van der Waals surface area contributed by atoms with Gasteiger partial charge in [-0.15, -0.1) is 0 Å². The Bertz CT molecular complexity index is 469. The summed E-state index contributed by atoms with van der Waals surface area (Å²) >= 11 is 0. The van der Waals surface area contributed by atoms with Crippen LogP contribution in [0.5, 0.6) is 5.75 Å². The fourth-order valence-corrected chi connectivity index (χ4v) is 2.38. The zero-order chi connectivity index (χ0) is 12.5. The Hall–Kier alpha value is -1.75. The summed E-state index contributed by atoms with van der Waals surface area (Å²) in [4.78, 5) is 15.6. The number of piperazine rings is 1. The van der Waals surface area contributed by atoms with Crippen molar-refractivity contribution < 1.29 is 9.53 Å². The van der Waals surface area contributed by atoms with E-state index in [1.54, 1.807) is 11.9 Å². The van der Waals surface area contributed by atoms with Crippen molar-refractivity contribution in [3.63, 3.8) is 0 Å². The van der Waals surface area contributed by atoms with Gasteiger partial charge in [-0.3, -0.25) is 4.79 Å². The number of carbonyl (C=O) groups is 1. The highest BCUT2D eigenvalue weighted by molar-refractivity contribution is 5.97. The molecule has 5 heteroatoms. The molecule has 0 aromatic heterocycles. The van der Waals surface area contributed by atoms with Gasteiger partial charge >= 0.3 is 0 Å². The molecular weight excluding hydrogens is 230 g/mol. The first-order valence-electron chi connectivity index (χ1n) is 6.25. The summed E-state index contributed by atoms with van der Waals surface area (Å²) < 4.78 is 5.43. The summed E-state index contributed by atoms with van der Waals surface area (Å²) in [5.74, 6) is 0.788. The van der Waals surface area contributed by atoms with Crippen LogP contribution in [0.2, 0.25) is 0 Å². The number of carbonyl (C=O) groups excluding carboxylic acids is 1. The van der Waals surface area contributed by atoms with Crippen LogP contribution in [0.1, 0.15) is 0 Å². The number of fused-ring (bicyclic) bond motifs is 1. The topological polar surface area (TPSA) is 44.8 Å². The molecule has 2 aliphatic rings. The van der Waals surface area contributed by atoms with E-state index in [9.17, 15) is 4.79 Å². The van der Waals surface area contributed by atoms with Crippen molar-refractivity contribution in [3.05, 3.63) is 18.2 Å². The molecular formula is C13H17N3O2. The lowest BCUT2D eigenvalue weighted by atomic mass is 10.2. The van der Waals surface area contributed by atoms with Crippen molar-refractivity contribution in [2.45, 2.75) is 0 Å². The van der Waals surface area contributed by atoms with Crippen molar-refractivity contribution in [1.82, 2.24) is 5.32 Å². The third kappa shape index (κ3) is 1.90. The molecule has 1 N–H and O–H groups in total. The van der Waals surface area contributed by atoms with Crippen LogP contribution in [0.25, 0.3) is 0 Å². The molecule has 2 heterocycles. The van der Waals surface area contributed by atoms with Gasteiger partial charge in [-0.2, -0.15) is 0 Å². The van der Waals surface area contributed by atoms with E-state index in [2.05, 4.69) is 16.3 Å². The lowest BCUT2D eigenvalue weighted by Crippen LogP contribution is -2.43. The van der Waals surface area contributed by atoms with Crippen LogP contribution in [-0.2, 0) is 4.79 Å². The highest BCUT2D eigenvalue weighted by Crippen LogP contribution is 2.34. The Morgan fingerprint density at radius 3 is 2.83 bits per heavy atom. The Kier molecular flexibility index (Phi) is 2.83. The van der Waals surface area contributed by atoms with Gasteiger partial charge in [0.2, 0.25) is 0 Å². The van der Waals surface area contributed by atoms with E-state index in [1.807, 2.05) is 12.1 Å². The predicted molar refractivity (Wildman–Crippen MR) is 70.4 cm³/mol. The smallest absolute Gasteiger partial charge is 0.264 e. The van der Waals surface area contributed by atoms with Gasteiger partial charge in [-0.1, -0.05) is 0 Å². The predicted octanol–water partition coefficient (Wildman–Crippen LogP) is 0.451. The number of hydrogen-bond acceptors (Lipinski definition) is 4. The SMILES string of the molecule is CN1C(=O)COc2ccc(N3CCNCC3)cc21. The monoisotopic (exact) mass is 247 g/mol. The van der Waals surface area contributed by atoms with E-state index in [0.29, 0.717) is 0 Å². The lowest BCUT2D eigenvalue weighted by molar-refractivity contribution is -0.120. The molecule has 0 unspecified atom stereocenters. The second-order valence-electron chi connectivity index (χ2n) is 4.63. The van der Waals surface area contributed by atoms with E-state index >= 15 is 0 Å². The second kappa shape index (κ2) is 4.49. The molecule has 1 saturated heterocycles. The number of nitrogens with one attached hydrogen (secondary N) is 1. The van der Waals surface area contributed by atoms with Crippen LogP contribution in [0.3, 0.4) is 0 Å². The molecule has 96 valence electrons. The maximum atomic E-state index is 11.6. The largest absolute Gasteiger partial charge is 0.482 e. The highest BCUT2D eigenvalue weighted by Gasteiger charge is 2.23. The summed E-state index contributed by atoms with van der Waals surface area (Å²) in [7, 11) is 1.80. The second-order valence-corrected chi connectivity index (χ2v) is 4.63. The Morgan fingerprint density at radius 1 is 1.28 bits per heavy atom. The number of nitrogens with zero attached hydrogens (tertiary/aromatic N) is 2. The third-order valence-electron chi connectivity index (χ3n) is 3.51. The van der Waals surface area contributed by atoms with Crippen LogP contribution in [0, 0.1) is 0 Å². The first-order valence-corrected chi connectivity index (χ1v) is 6.25. The molecule has 2 aliphatic heterocycles. The molecule has 0 aliphatic carbocycles. The van der Waals surface area contributed by atoms with Gasteiger partial charge in [0.05, 0.1) is 5.69 Å². The van der Waals surface area contributed by atoms with E-state index in [0.717, 1.165) is 43.3 Å². The quantitative estimate of drug-likeness (QED) is 0.782. The zero-order valence-electron chi connectivity index (χ0n) is 10.5. The van der Waals surface area contributed by atoms with Gasteiger partial charge < -0.3 is 19.9 Å². The molecule has 1 fully saturated rings. The van der Waals surface area contributed by atoms with E-state index in [-0.39, 0.29) is 12.5 Å². The Balaban J connectivity index is 1.91. The summed E-state index contributed by atoms with van der Waals surface area (Å²) in [6, 6.07) is 6.06.